The van der Waals surface area contributed by atoms with Crippen LogP contribution in [-0.2, 0) is 21.3 Å². The number of aliphatic hydroxyl groups excluding tert-OH is 1. The number of aliphatic hydroxyl groups is 1. The van der Waals surface area contributed by atoms with E-state index in [-0.39, 0.29) is 17.6 Å². The van der Waals surface area contributed by atoms with Gasteiger partial charge in [0.15, 0.2) is 14.9 Å². The van der Waals surface area contributed by atoms with Gasteiger partial charge in [-0.2, -0.15) is 0 Å². The largest absolute Gasteiger partial charge is 0.380 e. The van der Waals surface area contributed by atoms with Crippen LogP contribution in [0.4, 0.5) is 0 Å². The fraction of sp³-hybridized carbons (Fsp3) is 0.562. The maximum atomic E-state index is 12.0. The van der Waals surface area contributed by atoms with Gasteiger partial charge in [0.2, 0.25) is 0 Å². The maximum absolute atomic E-state index is 12.0. The van der Waals surface area contributed by atoms with Crippen LogP contribution in [0.15, 0.2) is 17.2 Å². The van der Waals surface area contributed by atoms with Crippen LogP contribution in [-0.4, -0.2) is 44.0 Å². The molecule has 2 heterocycles. The average molecular weight is 437 g/mol. The smallest absolute Gasteiger partial charge is 0.194 e. The average Bonchev–Trinajstić information content (AvgIpc) is 3.06. The zero-order valence-corrected chi connectivity index (χ0v) is 19.0. The van der Waals surface area contributed by atoms with E-state index in [4.69, 9.17) is 16.3 Å². The Morgan fingerprint density at radius 2 is 2.04 bits per heavy atom. The highest BCUT2D eigenvalue weighted by Gasteiger charge is 2.27. The quantitative estimate of drug-likeness (QED) is 0.504. The van der Waals surface area contributed by atoms with E-state index in [1.54, 1.807) is 23.6 Å². The summed E-state index contributed by atoms with van der Waals surface area (Å²) in [7, 11) is -4.74. The van der Waals surface area contributed by atoms with Crippen molar-refractivity contribution in [3.05, 3.63) is 32.9 Å². The number of thiophene rings is 1. The summed E-state index contributed by atoms with van der Waals surface area (Å²) < 4.78 is 32.0. The van der Waals surface area contributed by atoms with Crippen LogP contribution in [0.1, 0.15) is 22.5 Å². The molecule has 0 saturated heterocycles. The van der Waals surface area contributed by atoms with E-state index >= 15 is 0 Å². The predicted molar refractivity (Wildman–Crippen MR) is 108 cm³/mol. The number of hydrogen-bond acceptors (Lipinski definition) is 6. The maximum Gasteiger partial charge on any atom is 0.194 e. The number of imidazole rings is 1. The highest BCUT2D eigenvalue weighted by Crippen LogP contribution is 2.32. The molecule has 1 atom stereocenters. The summed E-state index contributed by atoms with van der Waals surface area (Å²) >= 11 is 7.18. The molecule has 1 N–H and O–H groups in total. The summed E-state index contributed by atoms with van der Waals surface area (Å²) in [5.41, 5.74) is 0.456. The Labute approximate surface area is 164 Å². The van der Waals surface area contributed by atoms with Gasteiger partial charge in [-0.05, 0) is 25.1 Å². The Hall–Kier alpha value is -0.713. The third-order valence-electron chi connectivity index (χ3n) is 3.88. The van der Waals surface area contributed by atoms with Gasteiger partial charge in [-0.25, -0.2) is 13.4 Å². The Balaban J connectivity index is 2.33. The van der Waals surface area contributed by atoms with Crippen molar-refractivity contribution in [2.24, 2.45) is 0 Å². The molecule has 0 aliphatic heterocycles. The molecule has 2 aromatic heterocycles. The van der Waals surface area contributed by atoms with Crippen molar-refractivity contribution in [3.8, 4) is 0 Å². The third kappa shape index (κ3) is 5.40. The van der Waals surface area contributed by atoms with Crippen molar-refractivity contribution in [3.63, 3.8) is 0 Å². The lowest BCUT2D eigenvalue weighted by atomic mass is 10.3. The molecule has 0 fully saturated rings. The van der Waals surface area contributed by atoms with Gasteiger partial charge in [0.1, 0.15) is 18.7 Å². The monoisotopic (exact) mass is 436 g/mol. The fourth-order valence-electron chi connectivity index (χ4n) is 2.39. The van der Waals surface area contributed by atoms with Crippen molar-refractivity contribution in [2.45, 2.75) is 50.5 Å². The van der Waals surface area contributed by atoms with Gasteiger partial charge < -0.3 is 14.4 Å². The first-order valence-corrected chi connectivity index (χ1v) is 15.0. The molecule has 0 radical (unpaired) electrons. The van der Waals surface area contributed by atoms with Crippen molar-refractivity contribution in [1.29, 1.82) is 0 Å². The summed E-state index contributed by atoms with van der Waals surface area (Å²) in [6, 6.07) is 4.39. The van der Waals surface area contributed by atoms with Gasteiger partial charge in [0, 0.05) is 25.8 Å². The second-order valence-electron chi connectivity index (χ2n) is 7.45. The number of ether oxygens (including phenoxy) is 1. The van der Waals surface area contributed by atoms with Crippen molar-refractivity contribution in [2.75, 3.05) is 12.9 Å². The zero-order valence-electron chi connectivity index (χ0n) is 15.6. The SMILES string of the molecule is Cc1c(S(C)(=O)=O)nc(C(O)c2ccc(Cl)s2)n1COCC[Si](C)(C)C. The first-order chi connectivity index (χ1) is 11.9. The van der Waals surface area contributed by atoms with Gasteiger partial charge in [0.05, 0.1) is 10.0 Å². The molecule has 0 saturated carbocycles. The van der Waals surface area contributed by atoms with E-state index in [1.165, 1.54) is 11.3 Å². The lowest BCUT2D eigenvalue weighted by Gasteiger charge is -2.17. The number of nitrogens with zero attached hydrogens (tertiary/aromatic N) is 2. The minimum Gasteiger partial charge on any atom is -0.380 e. The van der Waals surface area contributed by atoms with Crippen LogP contribution in [0, 0.1) is 6.92 Å². The lowest BCUT2D eigenvalue weighted by Crippen LogP contribution is -2.22. The van der Waals surface area contributed by atoms with Gasteiger partial charge in [-0.3, -0.25) is 0 Å². The van der Waals surface area contributed by atoms with Crippen molar-refractivity contribution < 1.29 is 18.3 Å². The van der Waals surface area contributed by atoms with E-state index in [9.17, 15) is 13.5 Å². The molecule has 0 spiro atoms. The highest BCUT2D eigenvalue weighted by molar-refractivity contribution is 7.90. The first kappa shape index (κ1) is 21.6. The molecular weight excluding hydrogens is 412 g/mol. The third-order valence-corrected chi connectivity index (χ3v) is 7.96. The molecule has 10 heteroatoms. The summed E-state index contributed by atoms with van der Waals surface area (Å²) in [6.45, 7) is 9.18. The molecule has 0 aliphatic rings. The van der Waals surface area contributed by atoms with E-state index in [1.807, 2.05) is 0 Å². The minimum absolute atomic E-state index is 0.0389. The van der Waals surface area contributed by atoms with Gasteiger partial charge >= 0.3 is 0 Å². The van der Waals surface area contributed by atoms with Crippen LogP contribution >= 0.6 is 22.9 Å². The molecule has 26 heavy (non-hydrogen) atoms. The van der Waals surface area contributed by atoms with Crippen LogP contribution in [0.2, 0.25) is 30.0 Å². The van der Waals surface area contributed by atoms with Crippen LogP contribution in [0.5, 0.6) is 0 Å². The first-order valence-electron chi connectivity index (χ1n) is 8.18. The van der Waals surface area contributed by atoms with E-state index in [0.717, 1.165) is 12.3 Å². The second-order valence-corrected chi connectivity index (χ2v) is 16.8. The van der Waals surface area contributed by atoms with E-state index < -0.39 is 24.0 Å². The molecular formula is C16H25ClN2O4S2Si. The normalized spacial score (nSPS) is 14.0. The van der Waals surface area contributed by atoms with Gasteiger partial charge in [0.25, 0.3) is 0 Å². The molecule has 146 valence electrons. The summed E-state index contributed by atoms with van der Waals surface area (Å²) in [6.07, 6.45) is 0.0407. The summed E-state index contributed by atoms with van der Waals surface area (Å²) in [5.74, 6) is 0.245. The molecule has 0 amide bonds. The van der Waals surface area contributed by atoms with Gasteiger partial charge in [-0.1, -0.05) is 31.2 Å². The van der Waals surface area contributed by atoms with Crippen LogP contribution < -0.4 is 0 Å². The molecule has 1 unspecified atom stereocenters. The van der Waals surface area contributed by atoms with Crippen molar-refractivity contribution >= 4 is 40.8 Å². The number of rotatable bonds is 8. The molecule has 0 aromatic carbocycles. The molecule has 2 rings (SSSR count). The molecule has 2 aromatic rings. The van der Waals surface area contributed by atoms with Crippen molar-refractivity contribution in [1.82, 2.24) is 9.55 Å². The summed E-state index contributed by atoms with van der Waals surface area (Å²) in [4.78, 5) is 4.81. The highest BCUT2D eigenvalue weighted by atomic mass is 35.5. The van der Waals surface area contributed by atoms with Crippen LogP contribution in [0.25, 0.3) is 0 Å². The fourth-order valence-corrected chi connectivity index (χ4v) is 5.10. The van der Waals surface area contributed by atoms with Gasteiger partial charge in [-0.15, -0.1) is 11.3 Å². The standard InChI is InChI=1S/C16H25ClN2O4S2Si/c1-11-16(25(2,21)22)18-15(14(20)12-6-7-13(17)24-12)19(11)10-23-8-9-26(3,4)5/h6-7,14,20H,8-10H2,1-5H3. The second kappa shape index (κ2) is 8.11. The number of halogens is 1. The minimum atomic E-state index is -3.51. The Morgan fingerprint density at radius 3 is 2.54 bits per heavy atom. The van der Waals surface area contributed by atoms with E-state index in [0.29, 0.717) is 21.5 Å². The van der Waals surface area contributed by atoms with Crippen LogP contribution in [0.3, 0.4) is 0 Å². The van der Waals surface area contributed by atoms with E-state index in [2.05, 4.69) is 24.6 Å². The lowest BCUT2D eigenvalue weighted by molar-refractivity contribution is 0.0775. The Kier molecular flexibility index (Phi) is 6.74. The zero-order chi connectivity index (χ0) is 19.7. The number of hydrogen-bond donors (Lipinski definition) is 1. The Bertz CT molecular complexity index is 871. The Morgan fingerprint density at radius 1 is 1.38 bits per heavy atom. The predicted octanol–water partition coefficient (Wildman–Crippen LogP) is 3.70. The molecule has 0 bridgehead atoms. The molecule has 6 nitrogen and oxygen atoms in total. The number of sulfone groups is 1. The molecule has 0 aliphatic carbocycles. The number of aromatic nitrogens is 2. The summed E-state index contributed by atoms with van der Waals surface area (Å²) in [5, 5.41) is 10.7. The topological polar surface area (TPSA) is 81.4 Å².